The van der Waals surface area contributed by atoms with Crippen LogP contribution in [0.15, 0.2) is 54.9 Å². The molecule has 134 valence electrons. The maximum absolute atomic E-state index is 6.31. The van der Waals surface area contributed by atoms with Crippen molar-refractivity contribution in [3.05, 3.63) is 81.6 Å². The zero-order valence-corrected chi connectivity index (χ0v) is 16.6. The molecule has 1 aliphatic rings. The number of hydrogen-bond acceptors (Lipinski definition) is 1. The molecule has 1 atom stereocenters. The minimum Gasteiger partial charge on any atom is -0.233 e. The van der Waals surface area contributed by atoms with Crippen molar-refractivity contribution in [2.24, 2.45) is 14.1 Å². The first-order chi connectivity index (χ1) is 13.0. The largest absolute Gasteiger partial charge is 0.233 e. The lowest BCUT2D eigenvalue weighted by molar-refractivity contribution is -0.748. The van der Waals surface area contributed by atoms with Gasteiger partial charge in [0.2, 0.25) is 11.8 Å². The number of halogens is 2. The minimum atomic E-state index is 0.236. The van der Waals surface area contributed by atoms with Crippen LogP contribution < -0.4 is 4.68 Å². The van der Waals surface area contributed by atoms with Gasteiger partial charge in [0, 0.05) is 17.7 Å². The second kappa shape index (κ2) is 6.08. The number of hydrogen-bond donors (Lipinski definition) is 0. The van der Waals surface area contributed by atoms with E-state index in [4.69, 9.17) is 28.2 Å². The highest BCUT2D eigenvalue weighted by Gasteiger charge is 2.29. The van der Waals surface area contributed by atoms with Crippen LogP contribution in [0.25, 0.3) is 22.2 Å². The predicted molar refractivity (Wildman–Crippen MR) is 109 cm³/mol. The fourth-order valence-corrected chi connectivity index (χ4v) is 4.53. The molecule has 27 heavy (non-hydrogen) atoms. The average Bonchev–Trinajstić information content (AvgIpc) is 2.97. The lowest BCUT2D eigenvalue weighted by atomic mass is 9.75. The minimum absolute atomic E-state index is 0.236. The second-order valence-electron chi connectivity index (χ2n) is 7.14. The maximum Gasteiger partial charge on any atom is 0.205 e. The summed E-state index contributed by atoms with van der Waals surface area (Å²) in [5.74, 6) is 0.236. The molecule has 2 aromatic heterocycles. The zero-order chi connectivity index (χ0) is 18.7. The fourth-order valence-electron chi connectivity index (χ4n) is 4.22. The molecular formula is C22H18Cl2N3+. The highest BCUT2D eigenvalue weighted by atomic mass is 35.5. The Labute approximate surface area is 167 Å². The van der Waals surface area contributed by atoms with Crippen LogP contribution in [0.1, 0.15) is 22.6 Å². The highest BCUT2D eigenvalue weighted by molar-refractivity contribution is 6.42. The number of rotatable bonds is 1. The molecule has 0 N–H and O–H groups in total. The molecule has 0 saturated heterocycles. The predicted octanol–water partition coefficient (Wildman–Crippen LogP) is 5.06. The van der Waals surface area contributed by atoms with Gasteiger partial charge in [-0.05, 0) is 40.8 Å². The van der Waals surface area contributed by atoms with Gasteiger partial charge in [-0.3, -0.25) is 0 Å². The summed E-state index contributed by atoms with van der Waals surface area (Å²) in [6, 6.07) is 14.6. The Morgan fingerprint density at radius 3 is 2.74 bits per heavy atom. The van der Waals surface area contributed by atoms with E-state index in [-0.39, 0.29) is 5.92 Å². The zero-order valence-electron chi connectivity index (χ0n) is 15.1. The third-order valence-corrected chi connectivity index (χ3v) is 6.38. The molecule has 1 aliphatic carbocycles. The summed E-state index contributed by atoms with van der Waals surface area (Å²) in [5.41, 5.74) is 7.34. The number of fused-ring (bicyclic) bond motifs is 5. The summed E-state index contributed by atoms with van der Waals surface area (Å²) in [4.78, 5) is 4.74. The van der Waals surface area contributed by atoms with Crippen molar-refractivity contribution in [1.82, 2.24) is 9.67 Å². The van der Waals surface area contributed by atoms with Gasteiger partial charge >= 0.3 is 0 Å². The van der Waals surface area contributed by atoms with Crippen LogP contribution in [0.5, 0.6) is 0 Å². The van der Waals surface area contributed by atoms with Gasteiger partial charge in [0.1, 0.15) is 0 Å². The Hall–Kier alpha value is -2.36. The maximum atomic E-state index is 6.31. The Bertz CT molecular complexity index is 1210. The summed E-state index contributed by atoms with van der Waals surface area (Å²) in [7, 11) is 4.08. The summed E-state index contributed by atoms with van der Waals surface area (Å²) in [6.45, 7) is 0. The first kappa shape index (κ1) is 16.8. The monoisotopic (exact) mass is 394 g/mol. The topological polar surface area (TPSA) is 21.7 Å². The van der Waals surface area contributed by atoms with E-state index >= 15 is 0 Å². The summed E-state index contributed by atoms with van der Waals surface area (Å²) in [5, 5.41) is 2.38. The van der Waals surface area contributed by atoms with Crippen LogP contribution in [0.3, 0.4) is 0 Å². The quantitative estimate of drug-likeness (QED) is 0.413. The highest BCUT2D eigenvalue weighted by Crippen LogP contribution is 2.45. The molecule has 3 nitrogen and oxygen atoms in total. The van der Waals surface area contributed by atoms with Gasteiger partial charge in [0.25, 0.3) is 0 Å². The Morgan fingerprint density at radius 2 is 1.93 bits per heavy atom. The lowest BCUT2D eigenvalue weighted by Gasteiger charge is -2.28. The fraction of sp³-hybridized carbons (Fsp3) is 0.182. The molecule has 0 bridgehead atoms. The molecule has 4 aromatic rings. The smallest absolute Gasteiger partial charge is 0.205 e. The van der Waals surface area contributed by atoms with Crippen LogP contribution in [-0.4, -0.2) is 9.67 Å². The van der Waals surface area contributed by atoms with Crippen LogP contribution >= 0.6 is 23.2 Å². The van der Waals surface area contributed by atoms with Crippen molar-refractivity contribution in [1.29, 1.82) is 0 Å². The van der Waals surface area contributed by atoms with Crippen molar-refractivity contribution in [2.45, 2.75) is 12.3 Å². The van der Waals surface area contributed by atoms with Crippen LogP contribution in [0.2, 0.25) is 10.0 Å². The van der Waals surface area contributed by atoms with E-state index < -0.39 is 0 Å². The summed E-state index contributed by atoms with van der Waals surface area (Å²) in [6.07, 6.45) is 5.08. The van der Waals surface area contributed by atoms with E-state index in [0.29, 0.717) is 10.0 Å². The van der Waals surface area contributed by atoms with E-state index in [1.807, 2.05) is 32.4 Å². The molecule has 0 amide bonds. The Balaban J connectivity index is 1.77. The van der Waals surface area contributed by atoms with Crippen LogP contribution in [-0.2, 0) is 20.5 Å². The Kier molecular flexibility index (Phi) is 3.78. The van der Waals surface area contributed by atoms with E-state index in [0.717, 1.165) is 12.1 Å². The third-order valence-electron chi connectivity index (χ3n) is 5.65. The van der Waals surface area contributed by atoms with Gasteiger partial charge in [0.05, 0.1) is 22.5 Å². The van der Waals surface area contributed by atoms with Crippen molar-refractivity contribution < 1.29 is 4.68 Å². The third kappa shape index (κ3) is 2.49. The van der Waals surface area contributed by atoms with E-state index in [9.17, 15) is 0 Å². The standard InChI is InChI=1S/C22H18Cl2N3/c1-26-12-18-21-14(11-25-22(18)27(26)2)9-17(15-5-3-4-6-16(15)21)13-7-8-19(23)20(24)10-13/h3-8,10-12,17H,9H2,1-2H3/q+1. The van der Waals surface area contributed by atoms with E-state index in [1.165, 1.54) is 33.2 Å². The van der Waals surface area contributed by atoms with Gasteiger partial charge in [-0.1, -0.05) is 53.5 Å². The van der Waals surface area contributed by atoms with Gasteiger partial charge < -0.3 is 0 Å². The molecule has 1 unspecified atom stereocenters. The average molecular weight is 395 g/mol. The molecular weight excluding hydrogens is 377 g/mol. The molecule has 0 aliphatic heterocycles. The number of aryl methyl sites for hydroxylation is 2. The molecule has 0 radical (unpaired) electrons. The molecule has 0 spiro atoms. The second-order valence-corrected chi connectivity index (χ2v) is 7.95. The lowest BCUT2D eigenvalue weighted by Crippen LogP contribution is -2.36. The first-order valence-electron chi connectivity index (χ1n) is 8.92. The van der Waals surface area contributed by atoms with Gasteiger partial charge in [0.15, 0.2) is 7.05 Å². The number of nitrogens with zero attached hydrogens (tertiary/aromatic N) is 3. The van der Waals surface area contributed by atoms with Gasteiger partial charge in [-0.25, -0.2) is 4.98 Å². The van der Waals surface area contributed by atoms with Crippen molar-refractivity contribution in [3.63, 3.8) is 0 Å². The van der Waals surface area contributed by atoms with Crippen LogP contribution in [0, 0.1) is 0 Å². The van der Waals surface area contributed by atoms with Crippen LogP contribution in [0.4, 0.5) is 0 Å². The van der Waals surface area contributed by atoms with E-state index in [2.05, 4.69) is 45.9 Å². The van der Waals surface area contributed by atoms with Crippen molar-refractivity contribution in [3.8, 4) is 11.1 Å². The Morgan fingerprint density at radius 1 is 1.11 bits per heavy atom. The molecule has 2 heterocycles. The van der Waals surface area contributed by atoms with Crippen molar-refractivity contribution in [2.75, 3.05) is 0 Å². The first-order valence-corrected chi connectivity index (χ1v) is 9.67. The summed E-state index contributed by atoms with van der Waals surface area (Å²) >= 11 is 12.4. The van der Waals surface area contributed by atoms with Gasteiger partial charge in [-0.15, -0.1) is 9.36 Å². The van der Waals surface area contributed by atoms with E-state index in [1.54, 1.807) is 0 Å². The number of aromatic nitrogens is 3. The number of benzene rings is 2. The number of pyridine rings is 1. The molecule has 5 heteroatoms. The normalized spacial score (nSPS) is 15.6. The summed E-state index contributed by atoms with van der Waals surface area (Å²) < 4.78 is 4.15. The molecule has 0 saturated carbocycles. The van der Waals surface area contributed by atoms with Crippen molar-refractivity contribution >= 4 is 34.2 Å². The molecule has 0 fully saturated rings. The molecule has 5 rings (SSSR count). The van der Waals surface area contributed by atoms with Gasteiger partial charge in [-0.2, -0.15) is 0 Å². The SMILES string of the molecule is Cn1c2ncc3c(c2c[n+]1C)-c1ccccc1C(c1ccc(Cl)c(Cl)c1)C3. The molecule has 2 aromatic carbocycles.